The molecule has 0 saturated heterocycles. The number of hydrogen-bond donors (Lipinski definition) is 2. The number of anilines is 2. The maximum atomic E-state index is 11.9. The van der Waals surface area contributed by atoms with Crippen LogP contribution in [-0.2, 0) is 11.3 Å². The van der Waals surface area contributed by atoms with Crippen molar-refractivity contribution in [2.24, 2.45) is 5.73 Å². The van der Waals surface area contributed by atoms with E-state index in [2.05, 4.69) is 20.2 Å². The Balaban J connectivity index is 1.57. The van der Waals surface area contributed by atoms with Gasteiger partial charge in [-0.2, -0.15) is 0 Å². The molecule has 0 saturated carbocycles. The van der Waals surface area contributed by atoms with Crippen LogP contribution in [0.3, 0.4) is 0 Å². The minimum absolute atomic E-state index is 0.184. The first-order chi connectivity index (χ1) is 14.1. The zero-order valence-corrected chi connectivity index (χ0v) is 16.9. The molecule has 0 unspecified atom stereocenters. The van der Waals surface area contributed by atoms with Crippen molar-refractivity contribution >= 4 is 39.7 Å². The molecule has 29 heavy (non-hydrogen) atoms. The van der Waals surface area contributed by atoms with E-state index in [1.165, 1.54) is 11.3 Å². The number of nitrogens with one attached hydrogen (secondary N) is 1. The Kier molecular flexibility index (Phi) is 5.64. The highest BCUT2D eigenvalue weighted by Gasteiger charge is 2.18. The van der Waals surface area contributed by atoms with E-state index in [0.717, 1.165) is 17.8 Å². The van der Waals surface area contributed by atoms with Gasteiger partial charge >= 0.3 is 0 Å². The lowest BCUT2D eigenvalue weighted by atomic mass is 10.2. The zero-order valence-electron chi connectivity index (χ0n) is 15.3. The van der Waals surface area contributed by atoms with Gasteiger partial charge in [-0.25, -0.2) is 9.97 Å². The molecule has 4 rings (SSSR count). The van der Waals surface area contributed by atoms with E-state index >= 15 is 0 Å². The summed E-state index contributed by atoms with van der Waals surface area (Å²) in [6.07, 6.45) is 3.58. The van der Waals surface area contributed by atoms with Crippen molar-refractivity contribution in [2.75, 3.05) is 18.5 Å². The number of nitrogens with two attached hydrogens (primary N) is 1. The Bertz CT molecular complexity index is 1050. The van der Waals surface area contributed by atoms with E-state index in [1.54, 1.807) is 18.4 Å². The Labute approximate surface area is 176 Å². The number of rotatable bonds is 6. The van der Waals surface area contributed by atoms with Gasteiger partial charge in [-0.1, -0.05) is 41.1 Å². The summed E-state index contributed by atoms with van der Waals surface area (Å²) in [4.78, 5) is 23.1. The van der Waals surface area contributed by atoms with E-state index < -0.39 is 5.91 Å². The fourth-order valence-corrected chi connectivity index (χ4v) is 3.93. The van der Waals surface area contributed by atoms with Gasteiger partial charge in [0.2, 0.25) is 0 Å². The number of primary amides is 1. The van der Waals surface area contributed by atoms with Gasteiger partial charge in [-0.15, -0.1) is 0 Å². The van der Waals surface area contributed by atoms with Gasteiger partial charge < -0.3 is 20.7 Å². The van der Waals surface area contributed by atoms with Gasteiger partial charge in [0.05, 0.1) is 25.0 Å². The molecule has 1 amide bonds. The third-order valence-electron chi connectivity index (χ3n) is 4.23. The summed E-state index contributed by atoms with van der Waals surface area (Å²) >= 11 is 7.29. The number of amides is 1. The van der Waals surface area contributed by atoms with E-state index in [1.807, 2.05) is 36.5 Å². The molecule has 0 spiro atoms. The standard InChI is InChI=1S/C20H18ClN5O2S/c21-14-6-4-13(5-7-14)19-25-17(18(22)27)20(29-19)24-16-3-1-2-15(23-16)12-26-8-10-28-11-9-26/h1-8,10H,9,11-12H2,(H2,22,27)(H,23,24). The predicted octanol–water partition coefficient (Wildman–Crippen LogP) is 4.00. The maximum absolute atomic E-state index is 11.9. The molecule has 0 bridgehead atoms. The van der Waals surface area contributed by atoms with Gasteiger partial charge in [-0.05, 0) is 24.3 Å². The van der Waals surface area contributed by atoms with Crippen LogP contribution >= 0.6 is 22.9 Å². The van der Waals surface area contributed by atoms with E-state index in [9.17, 15) is 4.79 Å². The fraction of sp³-hybridized carbons (Fsp3) is 0.150. The second kappa shape index (κ2) is 8.50. The number of aromatic nitrogens is 2. The third kappa shape index (κ3) is 4.67. The molecule has 0 aliphatic carbocycles. The van der Waals surface area contributed by atoms with Crippen molar-refractivity contribution in [1.82, 2.24) is 14.9 Å². The highest BCUT2D eigenvalue weighted by atomic mass is 35.5. The highest BCUT2D eigenvalue weighted by Crippen LogP contribution is 2.34. The minimum Gasteiger partial charge on any atom is -0.498 e. The third-order valence-corrected chi connectivity index (χ3v) is 5.50. The molecular weight excluding hydrogens is 410 g/mol. The van der Waals surface area contributed by atoms with Crippen LogP contribution in [0.2, 0.25) is 5.02 Å². The Hall–Kier alpha value is -3.10. The lowest BCUT2D eigenvalue weighted by Crippen LogP contribution is -2.24. The molecule has 3 N–H and O–H groups in total. The van der Waals surface area contributed by atoms with Crippen LogP contribution < -0.4 is 11.1 Å². The van der Waals surface area contributed by atoms with E-state index in [-0.39, 0.29) is 5.69 Å². The summed E-state index contributed by atoms with van der Waals surface area (Å²) in [7, 11) is 0. The summed E-state index contributed by atoms with van der Waals surface area (Å²) < 4.78 is 5.21. The lowest BCUT2D eigenvalue weighted by molar-refractivity contribution is 0.0997. The van der Waals surface area contributed by atoms with Gasteiger partial charge in [0.1, 0.15) is 22.4 Å². The number of halogens is 1. The molecule has 3 heterocycles. The lowest BCUT2D eigenvalue weighted by Gasteiger charge is -2.23. The first kappa shape index (κ1) is 19.2. The summed E-state index contributed by atoms with van der Waals surface area (Å²) in [5.41, 5.74) is 7.47. The Morgan fingerprint density at radius 1 is 1.24 bits per heavy atom. The second-order valence-corrected chi connectivity index (χ2v) is 7.77. The first-order valence-electron chi connectivity index (χ1n) is 8.90. The molecule has 0 radical (unpaired) electrons. The molecule has 3 aromatic rings. The number of nitrogens with zero attached hydrogens (tertiary/aromatic N) is 3. The van der Waals surface area contributed by atoms with Crippen molar-refractivity contribution in [2.45, 2.75) is 6.54 Å². The number of benzene rings is 1. The van der Waals surface area contributed by atoms with Crippen LogP contribution in [0.4, 0.5) is 10.8 Å². The summed E-state index contributed by atoms with van der Waals surface area (Å²) in [5.74, 6) is 0.0205. The van der Waals surface area contributed by atoms with E-state index in [0.29, 0.717) is 34.0 Å². The molecule has 9 heteroatoms. The summed E-state index contributed by atoms with van der Waals surface area (Å²) in [5, 5.41) is 5.05. The average Bonchev–Trinajstić information content (AvgIpc) is 3.14. The minimum atomic E-state index is -0.599. The summed E-state index contributed by atoms with van der Waals surface area (Å²) in [6, 6.07) is 13.0. The molecular formula is C20H18ClN5O2S. The van der Waals surface area contributed by atoms with Crippen molar-refractivity contribution in [1.29, 1.82) is 0 Å². The Morgan fingerprint density at radius 2 is 2.07 bits per heavy atom. The normalized spacial score (nSPS) is 13.2. The Morgan fingerprint density at radius 3 is 2.79 bits per heavy atom. The monoisotopic (exact) mass is 427 g/mol. The number of thiazole rings is 1. The SMILES string of the molecule is NC(=O)c1nc(-c2ccc(Cl)cc2)sc1Nc1cccc(CN2C=COCC2)n1. The second-order valence-electron chi connectivity index (χ2n) is 6.33. The van der Waals surface area contributed by atoms with Crippen LogP contribution in [0.25, 0.3) is 10.6 Å². The average molecular weight is 428 g/mol. The van der Waals surface area contributed by atoms with Gasteiger partial charge in [0.25, 0.3) is 5.91 Å². The number of hydrogen-bond acceptors (Lipinski definition) is 7. The van der Waals surface area contributed by atoms with E-state index in [4.69, 9.17) is 22.1 Å². The van der Waals surface area contributed by atoms with Crippen LogP contribution in [0.5, 0.6) is 0 Å². The highest BCUT2D eigenvalue weighted by molar-refractivity contribution is 7.19. The van der Waals surface area contributed by atoms with Crippen LogP contribution in [0.1, 0.15) is 16.2 Å². The molecule has 2 aromatic heterocycles. The molecule has 148 valence electrons. The zero-order chi connectivity index (χ0) is 20.2. The van der Waals surface area contributed by atoms with Crippen molar-refractivity contribution in [3.63, 3.8) is 0 Å². The molecule has 1 aliphatic rings. The van der Waals surface area contributed by atoms with Crippen LogP contribution in [-0.4, -0.2) is 33.9 Å². The summed E-state index contributed by atoms with van der Waals surface area (Å²) in [6.45, 7) is 2.13. The molecule has 1 aliphatic heterocycles. The maximum Gasteiger partial charge on any atom is 0.270 e. The number of pyridine rings is 1. The van der Waals surface area contributed by atoms with Crippen LogP contribution in [0, 0.1) is 0 Å². The molecule has 1 aromatic carbocycles. The molecule has 0 atom stereocenters. The smallest absolute Gasteiger partial charge is 0.270 e. The van der Waals surface area contributed by atoms with Gasteiger partial charge in [0, 0.05) is 16.8 Å². The predicted molar refractivity (Wildman–Crippen MR) is 114 cm³/mol. The van der Waals surface area contributed by atoms with Gasteiger partial charge in [0.15, 0.2) is 5.69 Å². The number of ether oxygens (including phenoxy) is 1. The topological polar surface area (TPSA) is 93.4 Å². The van der Waals surface area contributed by atoms with Gasteiger partial charge in [-0.3, -0.25) is 4.79 Å². The van der Waals surface area contributed by atoms with Crippen LogP contribution in [0.15, 0.2) is 54.9 Å². The quantitative estimate of drug-likeness (QED) is 0.617. The van der Waals surface area contributed by atoms with Crippen molar-refractivity contribution < 1.29 is 9.53 Å². The van der Waals surface area contributed by atoms with Crippen molar-refractivity contribution in [3.05, 3.63) is 71.3 Å². The number of carbonyl (C=O) groups excluding carboxylic acids is 1. The fourth-order valence-electron chi connectivity index (χ4n) is 2.82. The van der Waals surface area contributed by atoms with Crippen molar-refractivity contribution in [3.8, 4) is 10.6 Å². The molecule has 0 fully saturated rings. The largest absolute Gasteiger partial charge is 0.498 e. The molecule has 7 nitrogen and oxygen atoms in total. The first-order valence-corrected chi connectivity index (χ1v) is 10.1. The number of carbonyl (C=O) groups is 1.